The summed E-state index contributed by atoms with van der Waals surface area (Å²) in [4.78, 5) is 11.9. The number of esters is 1. The van der Waals surface area contributed by atoms with Crippen molar-refractivity contribution in [3.63, 3.8) is 0 Å². The number of carbonyl (C=O) groups excluding carboxylic acids is 1. The molecule has 0 aromatic carbocycles. The van der Waals surface area contributed by atoms with Gasteiger partial charge in [-0.3, -0.25) is 4.68 Å². The summed E-state index contributed by atoms with van der Waals surface area (Å²) in [6, 6.07) is 0. The number of hydrogen-bond acceptors (Lipinski definition) is 3. The quantitative estimate of drug-likeness (QED) is 0.734. The van der Waals surface area contributed by atoms with E-state index >= 15 is 0 Å². The van der Waals surface area contributed by atoms with Crippen molar-refractivity contribution in [2.45, 2.75) is 46.1 Å². The lowest BCUT2D eigenvalue weighted by Gasteiger charge is -2.10. The molecule has 0 atom stereocenters. The van der Waals surface area contributed by atoms with Crippen LogP contribution in [0.2, 0.25) is 0 Å². The van der Waals surface area contributed by atoms with Crippen molar-refractivity contribution in [1.82, 2.24) is 9.78 Å². The Labute approximate surface area is 95.6 Å². The molecule has 0 bridgehead atoms. The Morgan fingerprint density at radius 2 is 2.12 bits per heavy atom. The van der Waals surface area contributed by atoms with Crippen LogP contribution in [0.25, 0.3) is 0 Å². The molecule has 0 spiro atoms. The number of aryl methyl sites for hydroxylation is 2. The number of rotatable bonds is 3. The molecular formula is C12H18N2O2. The predicted octanol–water partition coefficient (Wildman–Crippen LogP) is 1.96. The third-order valence-electron chi connectivity index (χ3n) is 2.99. The van der Waals surface area contributed by atoms with Crippen molar-refractivity contribution < 1.29 is 9.53 Å². The van der Waals surface area contributed by atoms with Gasteiger partial charge in [0, 0.05) is 12.1 Å². The van der Waals surface area contributed by atoms with E-state index in [1.807, 2.05) is 13.8 Å². The molecule has 2 rings (SSSR count). The predicted molar refractivity (Wildman–Crippen MR) is 60.5 cm³/mol. The Balaban J connectivity index is 2.40. The van der Waals surface area contributed by atoms with Crippen LogP contribution in [-0.4, -0.2) is 22.4 Å². The van der Waals surface area contributed by atoms with Gasteiger partial charge in [0.25, 0.3) is 0 Å². The lowest BCUT2D eigenvalue weighted by Crippen LogP contribution is -2.14. The zero-order chi connectivity index (χ0) is 11.5. The number of fused-ring (bicyclic) bond motifs is 1. The van der Waals surface area contributed by atoms with Gasteiger partial charge in [-0.25, -0.2) is 4.79 Å². The lowest BCUT2D eigenvalue weighted by molar-refractivity contribution is 0.0510. The van der Waals surface area contributed by atoms with Gasteiger partial charge in [-0.1, -0.05) is 0 Å². The van der Waals surface area contributed by atoms with Crippen LogP contribution >= 0.6 is 0 Å². The Kier molecular flexibility index (Phi) is 3.27. The Morgan fingerprint density at radius 3 is 2.81 bits per heavy atom. The van der Waals surface area contributed by atoms with Crippen LogP contribution in [0.1, 0.15) is 48.4 Å². The normalized spacial score (nSPS) is 14.6. The summed E-state index contributed by atoms with van der Waals surface area (Å²) >= 11 is 0. The minimum Gasteiger partial charge on any atom is -0.461 e. The molecule has 0 amide bonds. The molecule has 88 valence electrons. The van der Waals surface area contributed by atoms with Gasteiger partial charge in [-0.15, -0.1) is 0 Å². The average molecular weight is 222 g/mol. The number of aromatic nitrogens is 2. The Morgan fingerprint density at radius 1 is 1.38 bits per heavy atom. The van der Waals surface area contributed by atoms with Crippen molar-refractivity contribution in [1.29, 1.82) is 0 Å². The van der Waals surface area contributed by atoms with Crippen molar-refractivity contribution in [2.24, 2.45) is 0 Å². The van der Waals surface area contributed by atoms with Gasteiger partial charge in [-0.2, -0.15) is 5.10 Å². The van der Waals surface area contributed by atoms with E-state index in [1.54, 1.807) is 4.68 Å². The van der Waals surface area contributed by atoms with Gasteiger partial charge in [0.2, 0.25) is 0 Å². The Hall–Kier alpha value is -1.32. The zero-order valence-electron chi connectivity index (χ0n) is 9.95. The SMILES string of the molecule is CCOC(=O)c1c2c(nn1CC)CCCC2. The molecule has 0 unspecified atom stereocenters. The molecule has 0 fully saturated rings. The van der Waals surface area contributed by atoms with Crippen LogP contribution < -0.4 is 0 Å². The van der Waals surface area contributed by atoms with E-state index in [-0.39, 0.29) is 5.97 Å². The third kappa shape index (κ3) is 1.84. The maximum Gasteiger partial charge on any atom is 0.356 e. The molecular weight excluding hydrogens is 204 g/mol. The van der Waals surface area contributed by atoms with Crippen LogP contribution in [0, 0.1) is 0 Å². The maximum absolute atomic E-state index is 11.9. The van der Waals surface area contributed by atoms with E-state index in [1.165, 1.54) is 6.42 Å². The molecule has 0 radical (unpaired) electrons. The minimum atomic E-state index is -0.222. The largest absolute Gasteiger partial charge is 0.461 e. The van der Waals surface area contributed by atoms with Gasteiger partial charge < -0.3 is 4.74 Å². The second-order valence-corrected chi connectivity index (χ2v) is 4.02. The van der Waals surface area contributed by atoms with E-state index in [0.29, 0.717) is 12.3 Å². The smallest absolute Gasteiger partial charge is 0.356 e. The molecule has 1 aliphatic rings. The van der Waals surface area contributed by atoms with Crippen LogP contribution in [0.3, 0.4) is 0 Å². The number of hydrogen-bond donors (Lipinski definition) is 0. The molecule has 0 saturated carbocycles. The van der Waals surface area contributed by atoms with Gasteiger partial charge in [0.1, 0.15) is 5.69 Å². The highest BCUT2D eigenvalue weighted by atomic mass is 16.5. The fourth-order valence-electron chi connectivity index (χ4n) is 2.26. The number of ether oxygens (including phenoxy) is 1. The van der Waals surface area contributed by atoms with Crippen molar-refractivity contribution in [3.8, 4) is 0 Å². The minimum absolute atomic E-state index is 0.222. The molecule has 1 aliphatic carbocycles. The fourth-order valence-corrected chi connectivity index (χ4v) is 2.26. The van der Waals surface area contributed by atoms with Crippen LogP contribution in [0.15, 0.2) is 0 Å². The third-order valence-corrected chi connectivity index (χ3v) is 2.99. The standard InChI is InChI=1S/C12H18N2O2/c1-3-14-11(12(15)16-4-2)9-7-5-6-8-10(9)13-14/h3-8H2,1-2H3. The van der Waals surface area contributed by atoms with Crippen molar-refractivity contribution in [2.75, 3.05) is 6.61 Å². The first-order valence-electron chi connectivity index (χ1n) is 6.03. The lowest BCUT2D eigenvalue weighted by atomic mass is 9.96. The van der Waals surface area contributed by atoms with E-state index < -0.39 is 0 Å². The molecule has 16 heavy (non-hydrogen) atoms. The van der Waals surface area contributed by atoms with Crippen LogP contribution in [-0.2, 0) is 24.1 Å². The molecule has 1 heterocycles. The fraction of sp³-hybridized carbons (Fsp3) is 0.667. The highest BCUT2D eigenvalue weighted by Crippen LogP contribution is 2.24. The molecule has 1 aromatic heterocycles. The van der Waals surface area contributed by atoms with E-state index in [4.69, 9.17) is 4.74 Å². The summed E-state index contributed by atoms with van der Waals surface area (Å²) < 4.78 is 6.88. The average Bonchev–Trinajstić information content (AvgIpc) is 2.67. The molecule has 4 heteroatoms. The highest BCUT2D eigenvalue weighted by molar-refractivity contribution is 5.89. The topological polar surface area (TPSA) is 44.1 Å². The Bertz CT molecular complexity index is 396. The second-order valence-electron chi connectivity index (χ2n) is 4.02. The summed E-state index contributed by atoms with van der Waals surface area (Å²) in [6.07, 6.45) is 4.28. The van der Waals surface area contributed by atoms with Gasteiger partial charge in [0.15, 0.2) is 0 Å². The number of nitrogens with zero attached hydrogens (tertiary/aromatic N) is 2. The van der Waals surface area contributed by atoms with Gasteiger partial charge in [0.05, 0.1) is 12.3 Å². The van der Waals surface area contributed by atoms with Gasteiger partial charge in [-0.05, 0) is 39.5 Å². The maximum atomic E-state index is 11.9. The zero-order valence-corrected chi connectivity index (χ0v) is 9.95. The highest BCUT2D eigenvalue weighted by Gasteiger charge is 2.25. The van der Waals surface area contributed by atoms with Crippen LogP contribution in [0.4, 0.5) is 0 Å². The number of carbonyl (C=O) groups is 1. The first-order valence-corrected chi connectivity index (χ1v) is 6.03. The summed E-state index contributed by atoms with van der Waals surface area (Å²) in [5, 5.41) is 4.49. The summed E-state index contributed by atoms with van der Waals surface area (Å²) in [6.45, 7) is 4.97. The van der Waals surface area contributed by atoms with Crippen molar-refractivity contribution in [3.05, 3.63) is 17.0 Å². The van der Waals surface area contributed by atoms with E-state index in [0.717, 1.165) is 37.1 Å². The first-order chi connectivity index (χ1) is 7.77. The molecule has 4 nitrogen and oxygen atoms in total. The summed E-state index contributed by atoms with van der Waals surface area (Å²) in [5.74, 6) is -0.222. The van der Waals surface area contributed by atoms with Gasteiger partial charge >= 0.3 is 5.97 Å². The monoisotopic (exact) mass is 222 g/mol. The second kappa shape index (κ2) is 4.68. The van der Waals surface area contributed by atoms with Crippen molar-refractivity contribution >= 4 is 5.97 Å². The molecule has 1 aromatic rings. The molecule has 0 saturated heterocycles. The van der Waals surface area contributed by atoms with E-state index in [9.17, 15) is 4.79 Å². The first kappa shape index (κ1) is 11.2. The van der Waals surface area contributed by atoms with Crippen LogP contribution in [0.5, 0.6) is 0 Å². The summed E-state index contributed by atoms with van der Waals surface area (Å²) in [5.41, 5.74) is 2.89. The molecule has 0 aliphatic heterocycles. The summed E-state index contributed by atoms with van der Waals surface area (Å²) in [7, 11) is 0. The van der Waals surface area contributed by atoms with E-state index in [2.05, 4.69) is 5.10 Å². The molecule has 0 N–H and O–H groups in total.